The van der Waals surface area contributed by atoms with Crippen LogP contribution in [0.1, 0.15) is 12.0 Å². The number of nitro benzene ring substituents is 2. The maximum Gasteiger partial charge on any atom is 0.408 e. The van der Waals surface area contributed by atoms with E-state index in [-0.39, 0.29) is 29.5 Å². The van der Waals surface area contributed by atoms with Crippen LogP contribution >= 0.6 is 0 Å². The van der Waals surface area contributed by atoms with Crippen molar-refractivity contribution in [3.8, 4) is 11.5 Å². The molecule has 0 aliphatic carbocycles. The summed E-state index contributed by atoms with van der Waals surface area (Å²) in [5, 5.41) is 23.8. The summed E-state index contributed by atoms with van der Waals surface area (Å²) < 4.78 is 15.3. The van der Waals surface area contributed by atoms with E-state index in [9.17, 15) is 34.6 Å². The van der Waals surface area contributed by atoms with Gasteiger partial charge in [-0.3, -0.25) is 25.0 Å². The molecule has 0 heterocycles. The number of nitrogens with zero attached hydrogens (tertiary/aromatic N) is 2. The van der Waals surface area contributed by atoms with Crippen LogP contribution in [0.3, 0.4) is 0 Å². The van der Waals surface area contributed by atoms with Gasteiger partial charge in [-0.1, -0.05) is 30.3 Å². The van der Waals surface area contributed by atoms with E-state index < -0.39 is 40.3 Å². The van der Waals surface area contributed by atoms with Crippen molar-refractivity contribution in [2.45, 2.75) is 19.1 Å². The lowest BCUT2D eigenvalue weighted by molar-refractivity contribution is -0.385. The Kier molecular flexibility index (Phi) is 8.80. The van der Waals surface area contributed by atoms with Crippen LogP contribution in [0.4, 0.5) is 16.2 Å². The van der Waals surface area contributed by atoms with Gasteiger partial charge in [0.2, 0.25) is 0 Å². The van der Waals surface area contributed by atoms with Crippen molar-refractivity contribution in [1.82, 2.24) is 5.32 Å². The summed E-state index contributed by atoms with van der Waals surface area (Å²) in [5.74, 6) is -2.11. The lowest BCUT2D eigenvalue weighted by Gasteiger charge is -2.17. The van der Waals surface area contributed by atoms with E-state index in [1.165, 1.54) is 24.3 Å². The number of esters is 2. The highest BCUT2D eigenvalue weighted by Gasteiger charge is 2.28. The van der Waals surface area contributed by atoms with E-state index in [1.807, 2.05) is 0 Å². The fraction of sp³-hybridized carbons (Fsp3) is 0.125. The molecule has 0 saturated carbocycles. The van der Waals surface area contributed by atoms with Gasteiger partial charge in [0.25, 0.3) is 11.4 Å². The highest BCUT2D eigenvalue weighted by atomic mass is 16.6. The largest absolute Gasteiger partial charge is 0.445 e. The van der Waals surface area contributed by atoms with E-state index in [2.05, 4.69) is 5.32 Å². The van der Waals surface area contributed by atoms with E-state index >= 15 is 0 Å². The van der Waals surface area contributed by atoms with Crippen molar-refractivity contribution >= 4 is 29.4 Å². The fourth-order valence-corrected chi connectivity index (χ4v) is 2.90. The van der Waals surface area contributed by atoms with E-state index in [4.69, 9.17) is 14.2 Å². The zero-order chi connectivity index (χ0) is 26.8. The molecule has 1 N–H and O–H groups in total. The molecule has 0 bridgehead atoms. The Morgan fingerprint density at radius 3 is 1.78 bits per heavy atom. The van der Waals surface area contributed by atoms with E-state index in [1.54, 1.807) is 30.3 Å². The number of carbonyl (C=O) groups is 3. The van der Waals surface area contributed by atoms with Gasteiger partial charge in [0, 0.05) is 24.3 Å². The molecule has 37 heavy (non-hydrogen) atoms. The minimum atomic E-state index is -1.55. The molecule has 190 valence electrons. The first kappa shape index (κ1) is 26.3. The molecule has 0 saturated heterocycles. The van der Waals surface area contributed by atoms with Gasteiger partial charge < -0.3 is 19.5 Å². The molecule has 0 aliphatic rings. The lowest BCUT2D eigenvalue weighted by atomic mass is 10.2. The average molecular weight is 509 g/mol. The minimum Gasteiger partial charge on any atom is -0.445 e. The predicted molar refractivity (Wildman–Crippen MR) is 126 cm³/mol. The molecule has 0 radical (unpaired) electrons. The third-order valence-electron chi connectivity index (χ3n) is 4.71. The maximum absolute atomic E-state index is 12.7. The fourth-order valence-electron chi connectivity index (χ4n) is 2.90. The van der Waals surface area contributed by atoms with Gasteiger partial charge in [-0.2, -0.15) is 0 Å². The first-order chi connectivity index (χ1) is 17.7. The number of nitrogens with one attached hydrogen (secondary N) is 1. The standard InChI is InChI=1S/C24H19N3O10/c28-22(36-19-10-6-17(7-11-19)26(31)32)14-21(25-24(30)35-15-16-4-2-1-3-5-16)23(29)37-20-12-8-18(9-13-20)27(33)34/h1-13,21H,14-15H2,(H,25,30)/t21-/m0/s1. The van der Waals surface area contributed by atoms with Crippen molar-refractivity contribution in [1.29, 1.82) is 0 Å². The SMILES string of the molecule is O=C(C[C@H](NC(=O)OCc1ccccc1)C(=O)Oc1ccc([N+](=O)[O-])cc1)Oc1ccc([N+](=O)[O-])cc1. The number of non-ortho nitro benzene ring substituents is 2. The number of nitro groups is 2. The zero-order valence-corrected chi connectivity index (χ0v) is 19.0. The number of alkyl carbamates (subject to hydrolysis) is 1. The van der Waals surface area contributed by atoms with Gasteiger partial charge >= 0.3 is 18.0 Å². The number of carbonyl (C=O) groups excluding carboxylic acids is 3. The second-order valence-corrected chi connectivity index (χ2v) is 7.36. The molecule has 1 atom stereocenters. The number of benzene rings is 3. The third kappa shape index (κ3) is 8.13. The quantitative estimate of drug-likeness (QED) is 0.183. The summed E-state index contributed by atoms with van der Waals surface area (Å²) >= 11 is 0. The van der Waals surface area contributed by atoms with Crippen LogP contribution in [0, 0.1) is 20.2 Å². The highest BCUT2D eigenvalue weighted by Crippen LogP contribution is 2.20. The summed E-state index contributed by atoms with van der Waals surface area (Å²) in [4.78, 5) is 57.8. The van der Waals surface area contributed by atoms with Crippen molar-refractivity contribution in [2.24, 2.45) is 0 Å². The van der Waals surface area contributed by atoms with Crippen molar-refractivity contribution in [3.63, 3.8) is 0 Å². The smallest absolute Gasteiger partial charge is 0.408 e. The van der Waals surface area contributed by atoms with Gasteiger partial charge in [-0.05, 0) is 29.8 Å². The Morgan fingerprint density at radius 2 is 1.27 bits per heavy atom. The number of hydrogen-bond donors (Lipinski definition) is 1. The van der Waals surface area contributed by atoms with Crippen LogP contribution in [0.25, 0.3) is 0 Å². The summed E-state index contributed by atoms with van der Waals surface area (Å²) in [6.07, 6.45) is -1.69. The van der Waals surface area contributed by atoms with Gasteiger partial charge in [-0.15, -0.1) is 0 Å². The molecular formula is C24H19N3O10. The molecule has 3 aromatic rings. The van der Waals surface area contributed by atoms with Crippen LogP contribution in [-0.4, -0.2) is 33.9 Å². The number of rotatable bonds is 10. The Hall–Kier alpha value is -5.33. The summed E-state index contributed by atoms with van der Waals surface area (Å²) in [7, 11) is 0. The molecule has 13 heteroatoms. The van der Waals surface area contributed by atoms with Gasteiger partial charge in [0.15, 0.2) is 0 Å². The number of ether oxygens (including phenoxy) is 3. The molecular weight excluding hydrogens is 490 g/mol. The summed E-state index contributed by atoms with van der Waals surface area (Å²) in [6, 6.07) is 16.4. The Balaban J connectivity index is 1.67. The van der Waals surface area contributed by atoms with Gasteiger partial charge in [0.05, 0.1) is 16.3 Å². The molecule has 13 nitrogen and oxygen atoms in total. The van der Waals surface area contributed by atoms with Crippen LogP contribution in [0.2, 0.25) is 0 Å². The van der Waals surface area contributed by atoms with Crippen LogP contribution in [0.5, 0.6) is 11.5 Å². The molecule has 3 rings (SSSR count). The van der Waals surface area contributed by atoms with Crippen LogP contribution in [-0.2, 0) is 20.9 Å². The second-order valence-electron chi connectivity index (χ2n) is 7.36. The van der Waals surface area contributed by atoms with Crippen molar-refractivity contribution in [2.75, 3.05) is 0 Å². The Labute approximate surface area is 208 Å². The third-order valence-corrected chi connectivity index (χ3v) is 4.71. The van der Waals surface area contributed by atoms with E-state index in [0.29, 0.717) is 5.56 Å². The highest BCUT2D eigenvalue weighted by molar-refractivity contribution is 5.88. The molecule has 0 fully saturated rings. The Bertz CT molecular complexity index is 1280. The Morgan fingerprint density at radius 1 is 0.757 bits per heavy atom. The molecule has 0 unspecified atom stereocenters. The zero-order valence-electron chi connectivity index (χ0n) is 19.0. The summed E-state index contributed by atoms with van der Waals surface area (Å²) in [6.45, 7) is -0.107. The van der Waals surface area contributed by atoms with Gasteiger partial charge in [-0.25, -0.2) is 9.59 Å². The van der Waals surface area contributed by atoms with Crippen LogP contribution < -0.4 is 14.8 Å². The van der Waals surface area contributed by atoms with Gasteiger partial charge in [0.1, 0.15) is 24.1 Å². The van der Waals surface area contributed by atoms with Crippen molar-refractivity contribution in [3.05, 3.63) is 105 Å². The number of hydrogen-bond acceptors (Lipinski definition) is 10. The maximum atomic E-state index is 12.7. The first-order valence-corrected chi connectivity index (χ1v) is 10.6. The minimum absolute atomic E-state index is 0.0234. The monoisotopic (exact) mass is 509 g/mol. The molecule has 3 aromatic carbocycles. The van der Waals surface area contributed by atoms with Crippen LogP contribution in [0.15, 0.2) is 78.9 Å². The molecule has 0 aromatic heterocycles. The first-order valence-electron chi connectivity index (χ1n) is 10.6. The summed E-state index contributed by atoms with van der Waals surface area (Å²) in [5.41, 5.74) is 0.234. The average Bonchev–Trinajstić information content (AvgIpc) is 2.88. The molecule has 0 aliphatic heterocycles. The van der Waals surface area contributed by atoms with Crippen molar-refractivity contribution < 1.29 is 38.4 Å². The lowest BCUT2D eigenvalue weighted by Crippen LogP contribution is -2.45. The van der Waals surface area contributed by atoms with E-state index in [0.717, 1.165) is 24.3 Å². The predicted octanol–water partition coefficient (Wildman–Crippen LogP) is 3.70. The normalized spacial score (nSPS) is 11.0. The topological polar surface area (TPSA) is 177 Å². The molecule has 1 amide bonds. The molecule has 0 spiro atoms. The second kappa shape index (κ2) is 12.4. The number of amides is 1.